The fourth-order valence-electron chi connectivity index (χ4n) is 2.83. The van der Waals surface area contributed by atoms with Crippen molar-refractivity contribution in [2.24, 2.45) is 11.8 Å². The fraction of sp³-hybridized carbons (Fsp3) is 0.786. The zero-order chi connectivity index (χ0) is 12.1. The van der Waals surface area contributed by atoms with Crippen molar-refractivity contribution in [3.63, 3.8) is 0 Å². The molecule has 1 aliphatic carbocycles. The molecule has 2 nitrogen and oxygen atoms in total. The van der Waals surface area contributed by atoms with E-state index in [1.807, 2.05) is 5.51 Å². The van der Waals surface area contributed by atoms with Gasteiger partial charge in [0.1, 0.15) is 0 Å². The normalized spacial score (nSPS) is 19.0. The van der Waals surface area contributed by atoms with E-state index < -0.39 is 0 Å². The summed E-state index contributed by atoms with van der Waals surface area (Å²) in [5, 5.41) is 5.82. The van der Waals surface area contributed by atoms with Gasteiger partial charge in [-0.05, 0) is 24.8 Å². The van der Waals surface area contributed by atoms with Gasteiger partial charge in [-0.3, -0.25) is 0 Å². The Kier molecular flexibility index (Phi) is 4.99. The second kappa shape index (κ2) is 6.50. The molecule has 2 rings (SSSR count). The van der Waals surface area contributed by atoms with Crippen molar-refractivity contribution in [2.75, 3.05) is 6.54 Å². The third kappa shape index (κ3) is 4.07. The lowest BCUT2D eigenvalue weighted by atomic mass is 9.87. The molecule has 1 unspecified atom stereocenters. The molecule has 0 aliphatic heterocycles. The third-order valence-corrected chi connectivity index (χ3v) is 4.44. The first kappa shape index (κ1) is 13.0. The molecule has 1 aromatic rings. The van der Waals surface area contributed by atoms with Gasteiger partial charge in [-0.25, -0.2) is 4.98 Å². The van der Waals surface area contributed by atoms with Crippen LogP contribution in [-0.2, 0) is 6.42 Å². The Morgan fingerprint density at radius 2 is 2.18 bits per heavy atom. The van der Waals surface area contributed by atoms with Crippen LogP contribution in [0.4, 0.5) is 0 Å². The molecule has 0 saturated heterocycles. The van der Waals surface area contributed by atoms with Gasteiger partial charge in [0.2, 0.25) is 0 Å². The lowest BCUT2D eigenvalue weighted by molar-refractivity contribution is 0.311. The summed E-state index contributed by atoms with van der Waals surface area (Å²) in [5.74, 6) is 1.70. The van der Waals surface area contributed by atoms with E-state index in [1.54, 1.807) is 11.3 Å². The standard InChI is InChI=1S/C14H24N2S/c1-11(2)15-8-13(12-5-3-4-6-12)7-14-9-17-10-16-14/h9-13,15H,3-8H2,1-2H3. The Hall–Kier alpha value is -0.410. The van der Waals surface area contributed by atoms with Gasteiger partial charge in [0.15, 0.2) is 0 Å². The first-order valence-corrected chi connectivity index (χ1v) is 7.80. The predicted molar refractivity (Wildman–Crippen MR) is 74.4 cm³/mol. The van der Waals surface area contributed by atoms with E-state index in [2.05, 4.69) is 29.5 Å². The predicted octanol–water partition coefficient (Wildman–Crippen LogP) is 3.49. The highest BCUT2D eigenvalue weighted by molar-refractivity contribution is 7.07. The Balaban J connectivity index is 1.91. The van der Waals surface area contributed by atoms with E-state index in [9.17, 15) is 0 Å². The van der Waals surface area contributed by atoms with Gasteiger partial charge in [0, 0.05) is 11.4 Å². The molecular weight excluding hydrogens is 228 g/mol. The first-order valence-electron chi connectivity index (χ1n) is 6.86. The summed E-state index contributed by atoms with van der Waals surface area (Å²) in [7, 11) is 0. The highest BCUT2D eigenvalue weighted by Crippen LogP contribution is 2.33. The van der Waals surface area contributed by atoms with E-state index >= 15 is 0 Å². The fourth-order valence-corrected chi connectivity index (χ4v) is 3.40. The second-order valence-electron chi connectivity index (χ2n) is 5.55. The Morgan fingerprint density at radius 1 is 1.41 bits per heavy atom. The van der Waals surface area contributed by atoms with Gasteiger partial charge in [0.25, 0.3) is 0 Å². The summed E-state index contributed by atoms with van der Waals surface area (Å²) >= 11 is 1.72. The summed E-state index contributed by atoms with van der Waals surface area (Å²) < 4.78 is 0. The molecule has 1 aromatic heterocycles. The zero-order valence-electron chi connectivity index (χ0n) is 11.0. The Bertz CT molecular complexity index is 302. The molecule has 1 saturated carbocycles. The number of hydrogen-bond acceptors (Lipinski definition) is 3. The molecule has 1 aliphatic rings. The van der Waals surface area contributed by atoms with Crippen LogP contribution in [0.25, 0.3) is 0 Å². The van der Waals surface area contributed by atoms with Crippen LogP contribution in [0, 0.1) is 11.8 Å². The van der Waals surface area contributed by atoms with E-state index in [4.69, 9.17) is 0 Å². The minimum absolute atomic E-state index is 0.592. The molecule has 0 spiro atoms. The average Bonchev–Trinajstić information content (AvgIpc) is 2.96. The average molecular weight is 252 g/mol. The molecule has 0 aromatic carbocycles. The maximum Gasteiger partial charge on any atom is 0.0794 e. The smallest absolute Gasteiger partial charge is 0.0794 e. The van der Waals surface area contributed by atoms with Gasteiger partial charge in [-0.15, -0.1) is 11.3 Å². The molecule has 1 fully saturated rings. The van der Waals surface area contributed by atoms with Gasteiger partial charge in [0.05, 0.1) is 11.2 Å². The van der Waals surface area contributed by atoms with Crippen LogP contribution in [0.5, 0.6) is 0 Å². The highest BCUT2D eigenvalue weighted by Gasteiger charge is 2.25. The van der Waals surface area contributed by atoms with Crippen molar-refractivity contribution < 1.29 is 0 Å². The third-order valence-electron chi connectivity index (χ3n) is 3.81. The number of aromatic nitrogens is 1. The van der Waals surface area contributed by atoms with Crippen molar-refractivity contribution in [1.82, 2.24) is 10.3 Å². The number of nitrogens with one attached hydrogen (secondary N) is 1. The van der Waals surface area contributed by atoms with Crippen LogP contribution in [0.15, 0.2) is 10.9 Å². The highest BCUT2D eigenvalue weighted by atomic mass is 32.1. The quantitative estimate of drug-likeness (QED) is 0.838. The van der Waals surface area contributed by atoms with E-state index in [0.717, 1.165) is 24.8 Å². The first-order chi connectivity index (χ1) is 8.25. The van der Waals surface area contributed by atoms with Crippen molar-refractivity contribution in [1.29, 1.82) is 0 Å². The molecule has 3 heteroatoms. The summed E-state index contributed by atoms with van der Waals surface area (Å²) in [5.41, 5.74) is 3.24. The Morgan fingerprint density at radius 3 is 2.76 bits per heavy atom. The molecule has 1 N–H and O–H groups in total. The summed E-state index contributed by atoms with van der Waals surface area (Å²) in [6.07, 6.45) is 6.87. The number of rotatable bonds is 6. The maximum absolute atomic E-state index is 4.45. The van der Waals surface area contributed by atoms with Gasteiger partial charge in [-0.1, -0.05) is 39.5 Å². The lowest BCUT2D eigenvalue weighted by Crippen LogP contribution is -2.33. The van der Waals surface area contributed by atoms with E-state index in [1.165, 1.54) is 31.4 Å². The van der Waals surface area contributed by atoms with Crippen LogP contribution >= 0.6 is 11.3 Å². The van der Waals surface area contributed by atoms with Crippen molar-refractivity contribution in [2.45, 2.75) is 52.0 Å². The number of hydrogen-bond donors (Lipinski definition) is 1. The summed E-state index contributed by atoms with van der Waals surface area (Å²) in [6.45, 7) is 5.61. The van der Waals surface area contributed by atoms with E-state index in [-0.39, 0.29) is 0 Å². The molecule has 0 amide bonds. The van der Waals surface area contributed by atoms with Gasteiger partial charge >= 0.3 is 0 Å². The molecule has 1 atom stereocenters. The number of nitrogens with zero attached hydrogens (tertiary/aromatic N) is 1. The number of thiazole rings is 1. The molecule has 0 radical (unpaired) electrons. The lowest BCUT2D eigenvalue weighted by Gasteiger charge is -2.24. The molecule has 1 heterocycles. The zero-order valence-corrected chi connectivity index (χ0v) is 11.8. The molecule has 96 valence electrons. The van der Waals surface area contributed by atoms with Crippen LogP contribution in [-0.4, -0.2) is 17.6 Å². The van der Waals surface area contributed by atoms with Crippen molar-refractivity contribution in [3.8, 4) is 0 Å². The Labute approximate surface area is 109 Å². The van der Waals surface area contributed by atoms with Crippen LogP contribution in [0.2, 0.25) is 0 Å². The summed E-state index contributed by atoms with van der Waals surface area (Å²) in [6, 6.07) is 0.592. The van der Waals surface area contributed by atoms with Gasteiger partial charge < -0.3 is 5.32 Å². The molecule has 0 bridgehead atoms. The maximum atomic E-state index is 4.45. The topological polar surface area (TPSA) is 24.9 Å². The minimum Gasteiger partial charge on any atom is -0.314 e. The van der Waals surface area contributed by atoms with E-state index in [0.29, 0.717) is 6.04 Å². The monoisotopic (exact) mass is 252 g/mol. The molecule has 17 heavy (non-hydrogen) atoms. The van der Waals surface area contributed by atoms with Crippen molar-refractivity contribution >= 4 is 11.3 Å². The SMILES string of the molecule is CC(C)NCC(Cc1cscn1)C1CCCC1. The minimum atomic E-state index is 0.592. The van der Waals surface area contributed by atoms with Crippen LogP contribution < -0.4 is 5.32 Å². The largest absolute Gasteiger partial charge is 0.314 e. The second-order valence-corrected chi connectivity index (χ2v) is 6.27. The van der Waals surface area contributed by atoms with Crippen molar-refractivity contribution in [3.05, 3.63) is 16.6 Å². The van der Waals surface area contributed by atoms with Crippen LogP contribution in [0.1, 0.15) is 45.2 Å². The molecular formula is C14H24N2S. The van der Waals surface area contributed by atoms with Crippen LogP contribution in [0.3, 0.4) is 0 Å². The summed E-state index contributed by atoms with van der Waals surface area (Å²) in [4.78, 5) is 4.45. The van der Waals surface area contributed by atoms with Gasteiger partial charge in [-0.2, -0.15) is 0 Å².